The molecule has 35 heavy (non-hydrogen) atoms. The largest absolute Gasteiger partial charge is 0.377 e. The van der Waals surface area contributed by atoms with Crippen LogP contribution in [0.3, 0.4) is 0 Å². The van der Waals surface area contributed by atoms with Gasteiger partial charge in [0.1, 0.15) is 11.6 Å². The van der Waals surface area contributed by atoms with Crippen LogP contribution >= 0.6 is 0 Å². The fraction of sp³-hybridized carbons (Fsp3) is 0.286. The van der Waals surface area contributed by atoms with Crippen LogP contribution in [-0.2, 0) is 17.9 Å². The number of anilines is 2. The summed E-state index contributed by atoms with van der Waals surface area (Å²) in [7, 11) is 3.79. The molecule has 0 atom stereocenters. The molecule has 0 saturated heterocycles. The van der Waals surface area contributed by atoms with Crippen LogP contribution in [-0.4, -0.2) is 30.8 Å². The Morgan fingerprint density at radius 1 is 0.857 bits per heavy atom. The van der Waals surface area contributed by atoms with E-state index in [0.717, 1.165) is 11.3 Å². The molecule has 5 nitrogen and oxygen atoms in total. The van der Waals surface area contributed by atoms with Gasteiger partial charge in [0, 0.05) is 49.5 Å². The van der Waals surface area contributed by atoms with Crippen molar-refractivity contribution in [3.8, 4) is 0 Å². The molecule has 0 radical (unpaired) electrons. The standard InChI is InChI=1S/C28H31F2N3O2/c1-28(2,3)27(35)33(17-19-8-6-10-22(29)14-19)18-21-16-24(12-13-25(21)32(4)5)31-26(34)20-9-7-11-23(30)15-20/h6-16H,17-18H2,1-5H3,(H,31,34). The van der Waals surface area contributed by atoms with Crippen LogP contribution in [0, 0.1) is 17.0 Å². The molecule has 3 aromatic carbocycles. The predicted octanol–water partition coefficient (Wildman–Crippen LogP) is 5.86. The Bertz CT molecular complexity index is 1220. The van der Waals surface area contributed by atoms with Crippen molar-refractivity contribution < 1.29 is 18.4 Å². The molecule has 3 aromatic rings. The highest BCUT2D eigenvalue weighted by molar-refractivity contribution is 6.04. The van der Waals surface area contributed by atoms with E-state index in [1.807, 2.05) is 45.8 Å². The maximum Gasteiger partial charge on any atom is 0.255 e. The lowest BCUT2D eigenvalue weighted by atomic mass is 9.94. The Morgan fingerprint density at radius 3 is 2.11 bits per heavy atom. The lowest BCUT2D eigenvalue weighted by molar-refractivity contribution is -0.140. The van der Waals surface area contributed by atoms with Crippen LogP contribution in [0.25, 0.3) is 0 Å². The molecule has 0 aliphatic rings. The van der Waals surface area contributed by atoms with Gasteiger partial charge in [-0.1, -0.05) is 39.0 Å². The predicted molar refractivity (Wildman–Crippen MR) is 135 cm³/mol. The van der Waals surface area contributed by atoms with Gasteiger partial charge in [0.25, 0.3) is 5.91 Å². The molecule has 0 unspecified atom stereocenters. The first-order valence-corrected chi connectivity index (χ1v) is 11.3. The molecule has 2 amide bonds. The molecule has 184 valence electrons. The maximum absolute atomic E-state index is 13.8. The Hall–Kier alpha value is -3.74. The van der Waals surface area contributed by atoms with Gasteiger partial charge in [0.15, 0.2) is 0 Å². The summed E-state index contributed by atoms with van der Waals surface area (Å²) in [6, 6.07) is 17.1. The number of rotatable bonds is 7. The molecule has 0 bridgehead atoms. The summed E-state index contributed by atoms with van der Waals surface area (Å²) in [5.74, 6) is -1.37. The highest BCUT2D eigenvalue weighted by Crippen LogP contribution is 2.28. The highest BCUT2D eigenvalue weighted by atomic mass is 19.1. The molecular formula is C28H31F2N3O2. The Kier molecular flexibility index (Phi) is 7.89. The Morgan fingerprint density at radius 2 is 1.51 bits per heavy atom. The average molecular weight is 480 g/mol. The van der Waals surface area contributed by atoms with Gasteiger partial charge in [-0.05, 0) is 59.7 Å². The van der Waals surface area contributed by atoms with E-state index in [9.17, 15) is 18.4 Å². The zero-order valence-electron chi connectivity index (χ0n) is 20.7. The van der Waals surface area contributed by atoms with Crippen LogP contribution in [0.15, 0.2) is 66.7 Å². The molecule has 3 rings (SSSR count). The first kappa shape index (κ1) is 25.9. The van der Waals surface area contributed by atoms with Gasteiger partial charge in [0.2, 0.25) is 5.91 Å². The van der Waals surface area contributed by atoms with E-state index < -0.39 is 17.1 Å². The highest BCUT2D eigenvalue weighted by Gasteiger charge is 2.28. The van der Waals surface area contributed by atoms with Gasteiger partial charge in [0.05, 0.1) is 0 Å². The zero-order chi connectivity index (χ0) is 25.8. The van der Waals surface area contributed by atoms with Gasteiger partial charge >= 0.3 is 0 Å². The van der Waals surface area contributed by atoms with Crippen molar-refractivity contribution in [3.05, 3.63) is 95.1 Å². The zero-order valence-corrected chi connectivity index (χ0v) is 20.7. The minimum absolute atomic E-state index is 0.0827. The number of hydrogen-bond acceptors (Lipinski definition) is 3. The minimum Gasteiger partial charge on any atom is -0.377 e. The molecule has 7 heteroatoms. The molecule has 0 heterocycles. The summed E-state index contributed by atoms with van der Waals surface area (Å²) >= 11 is 0. The summed E-state index contributed by atoms with van der Waals surface area (Å²) in [5.41, 5.74) is 2.45. The van der Waals surface area contributed by atoms with Crippen LogP contribution in [0.1, 0.15) is 42.3 Å². The summed E-state index contributed by atoms with van der Waals surface area (Å²) in [6.07, 6.45) is 0. The van der Waals surface area contributed by atoms with Crippen molar-refractivity contribution in [1.82, 2.24) is 4.90 Å². The third kappa shape index (κ3) is 6.88. The fourth-order valence-electron chi connectivity index (χ4n) is 3.79. The number of carbonyl (C=O) groups excluding carboxylic acids is 2. The molecule has 0 saturated carbocycles. The van der Waals surface area contributed by atoms with Crippen molar-refractivity contribution in [2.45, 2.75) is 33.9 Å². The van der Waals surface area contributed by atoms with E-state index in [2.05, 4.69) is 5.32 Å². The molecule has 0 spiro atoms. The van der Waals surface area contributed by atoms with Crippen molar-refractivity contribution in [1.29, 1.82) is 0 Å². The van der Waals surface area contributed by atoms with Crippen LogP contribution in [0.2, 0.25) is 0 Å². The van der Waals surface area contributed by atoms with E-state index in [1.54, 1.807) is 29.2 Å². The third-order valence-corrected chi connectivity index (χ3v) is 5.46. The third-order valence-electron chi connectivity index (χ3n) is 5.46. The van der Waals surface area contributed by atoms with Gasteiger partial charge in [-0.3, -0.25) is 9.59 Å². The normalized spacial score (nSPS) is 11.2. The van der Waals surface area contributed by atoms with Crippen LogP contribution in [0.5, 0.6) is 0 Å². The number of nitrogens with zero attached hydrogens (tertiary/aromatic N) is 2. The van der Waals surface area contributed by atoms with E-state index in [1.165, 1.54) is 36.4 Å². The van der Waals surface area contributed by atoms with Gasteiger partial charge < -0.3 is 15.1 Å². The average Bonchev–Trinajstić information content (AvgIpc) is 2.77. The van der Waals surface area contributed by atoms with Crippen molar-refractivity contribution in [2.24, 2.45) is 5.41 Å². The lowest BCUT2D eigenvalue weighted by Gasteiger charge is -2.31. The number of carbonyl (C=O) groups is 2. The molecule has 0 fully saturated rings. The van der Waals surface area contributed by atoms with Crippen molar-refractivity contribution in [2.75, 3.05) is 24.3 Å². The number of hydrogen-bond donors (Lipinski definition) is 1. The second-order valence-corrected chi connectivity index (χ2v) is 9.74. The van der Waals surface area contributed by atoms with Gasteiger partial charge in [-0.2, -0.15) is 0 Å². The second-order valence-electron chi connectivity index (χ2n) is 9.74. The van der Waals surface area contributed by atoms with E-state index in [4.69, 9.17) is 0 Å². The number of benzene rings is 3. The molecule has 0 aliphatic heterocycles. The van der Waals surface area contributed by atoms with Crippen LogP contribution < -0.4 is 10.2 Å². The molecule has 0 aromatic heterocycles. The quantitative estimate of drug-likeness (QED) is 0.462. The number of nitrogens with one attached hydrogen (secondary N) is 1. The summed E-state index contributed by atoms with van der Waals surface area (Å²) in [5, 5.41) is 2.80. The Balaban J connectivity index is 1.94. The molecule has 1 N–H and O–H groups in total. The smallest absolute Gasteiger partial charge is 0.255 e. The van der Waals surface area contributed by atoms with Gasteiger partial charge in [-0.15, -0.1) is 0 Å². The topological polar surface area (TPSA) is 52.7 Å². The monoisotopic (exact) mass is 479 g/mol. The van der Waals surface area contributed by atoms with Crippen LogP contribution in [0.4, 0.5) is 20.2 Å². The summed E-state index contributed by atoms with van der Waals surface area (Å²) in [4.78, 5) is 29.6. The van der Waals surface area contributed by atoms with E-state index in [0.29, 0.717) is 11.3 Å². The van der Waals surface area contributed by atoms with E-state index >= 15 is 0 Å². The molecular weight excluding hydrogens is 448 g/mol. The number of amides is 2. The van der Waals surface area contributed by atoms with Gasteiger partial charge in [-0.25, -0.2) is 8.78 Å². The maximum atomic E-state index is 13.8. The summed E-state index contributed by atoms with van der Waals surface area (Å²) < 4.78 is 27.4. The minimum atomic E-state index is -0.644. The lowest BCUT2D eigenvalue weighted by Crippen LogP contribution is -2.39. The first-order valence-electron chi connectivity index (χ1n) is 11.3. The first-order chi connectivity index (χ1) is 16.4. The summed E-state index contributed by atoms with van der Waals surface area (Å²) in [6.45, 7) is 6.02. The van der Waals surface area contributed by atoms with E-state index in [-0.39, 0.29) is 30.4 Å². The molecule has 0 aliphatic carbocycles. The number of halogens is 2. The second kappa shape index (κ2) is 10.7. The SMILES string of the molecule is CN(C)c1ccc(NC(=O)c2cccc(F)c2)cc1CN(Cc1cccc(F)c1)C(=O)C(C)(C)C. The Labute approximate surface area is 205 Å². The van der Waals surface area contributed by atoms with Crippen molar-refractivity contribution >= 4 is 23.2 Å². The van der Waals surface area contributed by atoms with Crippen molar-refractivity contribution in [3.63, 3.8) is 0 Å². The fourth-order valence-corrected chi connectivity index (χ4v) is 3.79.